The molecule has 1 aromatic heterocycles. The van der Waals surface area contributed by atoms with Crippen LogP contribution in [-0.2, 0) is 17.9 Å². The van der Waals surface area contributed by atoms with E-state index in [9.17, 15) is 14.4 Å². The van der Waals surface area contributed by atoms with Crippen molar-refractivity contribution in [3.8, 4) is 5.75 Å². The molecule has 2 heterocycles. The molecule has 0 bridgehead atoms. The minimum absolute atomic E-state index is 0.141. The van der Waals surface area contributed by atoms with Gasteiger partial charge in [0.2, 0.25) is 5.91 Å². The van der Waals surface area contributed by atoms with Crippen LogP contribution in [0.3, 0.4) is 0 Å². The zero-order valence-electron chi connectivity index (χ0n) is 20.0. The standard InChI is InChI=1S/C24H33N5O4/c1-6-33-18-9-7-17(8-10-18)14-26-21(30)19-13-20-22(31)28(5)24(4,15-29(20)27-19)23(32)25-12-11-16(2)3/h7-10,13,16H,6,11-12,14-15H2,1-5H3,(H,25,32)(H,26,30)/t24-/m0/s1. The lowest BCUT2D eigenvalue weighted by molar-refractivity contribution is -0.132. The van der Waals surface area contributed by atoms with E-state index in [-0.39, 0.29) is 35.7 Å². The highest BCUT2D eigenvalue weighted by Crippen LogP contribution is 2.26. The van der Waals surface area contributed by atoms with E-state index in [0.29, 0.717) is 25.6 Å². The first-order valence-electron chi connectivity index (χ1n) is 11.3. The van der Waals surface area contributed by atoms with Gasteiger partial charge in [-0.1, -0.05) is 26.0 Å². The predicted molar refractivity (Wildman–Crippen MR) is 124 cm³/mol. The molecule has 1 aromatic carbocycles. The maximum atomic E-state index is 13.0. The van der Waals surface area contributed by atoms with Gasteiger partial charge in [0.05, 0.1) is 13.2 Å². The van der Waals surface area contributed by atoms with Crippen LogP contribution < -0.4 is 15.4 Å². The summed E-state index contributed by atoms with van der Waals surface area (Å²) in [5, 5.41) is 10.1. The van der Waals surface area contributed by atoms with E-state index in [0.717, 1.165) is 17.7 Å². The molecule has 0 spiro atoms. The third-order valence-corrected chi connectivity index (χ3v) is 5.92. The van der Waals surface area contributed by atoms with Crippen molar-refractivity contribution in [2.45, 2.75) is 52.7 Å². The molecule has 178 valence electrons. The molecule has 33 heavy (non-hydrogen) atoms. The maximum absolute atomic E-state index is 13.0. The number of benzene rings is 1. The quantitative estimate of drug-likeness (QED) is 0.603. The largest absolute Gasteiger partial charge is 0.494 e. The lowest BCUT2D eigenvalue weighted by Crippen LogP contribution is -2.62. The number of aromatic nitrogens is 2. The Labute approximate surface area is 194 Å². The smallest absolute Gasteiger partial charge is 0.272 e. The summed E-state index contributed by atoms with van der Waals surface area (Å²) in [6, 6.07) is 8.93. The topological polar surface area (TPSA) is 106 Å². The van der Waals surface area contributed by atoms with E-state index >= 15 is 0 Å². The van der Waals surface area contributed by atoms with Gasteiger partial charge in [0.25, 0.3) is 11.8 Å². The highest BCUT2D eigenvalue weighted by Gasteiger charge is 2.46. The second-order valence-electron chi connectivity index (χ2n) is 8.91. The first-order chi connectivity index (χ1) is 15.7. The molecular formula is C24H33N5O4. The van der Waals surface area contributed by atoms with Crippen LogP contribution in [0.15, 0.2) is 30.3 Å². The fourth-order valence-corrected chi connectivity index (χ4v) is 3.65. The molecular weight excluding hydrogens is 422 g/mol. The number of nitrogens with zero attached hydrogens (tertiary/aromatic N) is 3. The van der Waals surface area contributed by atoms with Crippen molar-refractivity contribution < 1.29 is 19.1 Å². The van der Waals surface area contributed by atoms with Crippen LogP contribution in [0, 0.1) is 5.92 Å². The van der Waals surface area contributed by atoms with E-state index in [1.165, 1.54) is 15.6 Å². The second-order valence-corrected chi connectivity index (χ2v) is 8.91. The van der Waals surface area contributed by atoms with Crippen molar-refractivity contribution >= 4 is 17.7 Å². The van der Waals surface area contributed by atoms with Gasteiger partial charge in [-0.15, -0.1) is 0 Å². The molecule has 9 heteroatoms. The summed E-state index contributed by atoms with van der Waals surface area (Å²) in [6.07, 6.45) is 0.852. The molecule has 0 saturated heterocycles. The molecule has 0 fully saturated rings. The normalized spacial score (nSPS) is 17.6. The first kappa shape index (κ1) is 24.3. The Morgan fingerprint density at radius 1 is 1.21 bits per heavy atom. The number of rotatable bonds is 9. The average Bonchev–Trinajstić information content (AvgIpc) is 3.20. The first-order valence-corrected chi connectivity index (χ1v) is 11.3. The Morgan fingerprint density at radius 3 is 2.55 bits per heavy atom. The number of ether oxygens (including phenoxy) is 1. The highest BCUT2D eigenvalue weighted by molar-refractivity contribution is 6.01. The number of hydrogen-bond donors (Lipinski definition) is 2. The van der Waals surface area contributed by atoms with Crippen LogP contribution >= 0.6 is 0 Å². The molecule has 2 N–H and O–H groups in total. The number of likely N-dealkylation sites (N-methyl/N-ethyl adjacent to an activating group) is 1. The summed E-state index contributed by atoms with van der Waals surface area (Å²) < 4.78 is 6.88. The highest BCUT2D eigenvalue weighted by atomic mass is 16.5. The van der Waals surface area contributed by atoms with Crippen LogP contribution in [-0.4, -0.2) is 58.1 Å². The average molecular weight is 456 g/mol. The van der Waals surface area contributed by atoms with Gasteiger partial charge in [-0.05, 0) is 43.9 Å². The predicted octanol–water partition coefficient (Wildman–Crippen LogP) is 2.22. The number of hydrogen-bond acceptors (Lipinski definition) is 5. The number of nitrogens with one attached hydrogen (secondary N) is 2. The van der Waals surface area contributed by atoms with Crippen LogP contribution in [0.5, 0.6) is 5.75 Å². The SMILES string of the molecule is CCOc1ccc(CNC(=O)c2cc3n(n2)C[C@@](C)(C(=O)NCCC(C)C)N(C)C3=O)cc1. The monoisotopic (exact) mass is 455 g/mol. The summed E-state index contributed by atoms with van der Waals surface area (Å²) >= 11 is 0. The van der Waals surface area contributed by atoms with Crippen molar-refractivity contribution in [2.75, 3.05) is 20.2 Å². The van der Waals surface area contributed by atoms with Gasteiger partial charge in [0.15, 0.2) is 5.69 Å². The lowest BCUT2D eigenvalue weighted by Gasteiger charge is -2.40. The molecule has 3 rings (SSSR count). The zero-order valence-corrected chi connectivity index (χ0v) is 20.0. The van der Waals surface area contributed by atoms with Crippen LogP contribution in [0.1, 0.15) is 60.7 Å². The van der Waals surface area contributed by atoms with Crippen molar-refractivity contribution in [3.63, 3.8) is 0 Å². The Balaban J connectivity index is 1.68. The fraction of sp³-hybridized carbons (Fsp3) is 0.500. The molecule has 1 atom stereocenters. The number of carbonyl (C=O) groups excluding carboxylic acids is 3. The van der Waals surface area contributed by atoms with Crippen LogP contribution in [0.2, 0.25) is 0 Å². The van der Waals surface area contributed by atoms with Gasteiger partial charge in [-0.25, -0.2) is 0 Å². The fourth-order valence-electron chi connectivity index (χ4n) is 3.65. The number of fused-ring (bicyclic) bond motifs is 1. The third-order valence-electron chi connectivity index (χ3n) is 5.92. The van der Waals surface area contributed by atoms with Crippen LogP contribution in [0.4, 0.5) is 0 Å². The van der Waals surface area contributed by atoms with E-state index < -0.39 is 5.54 Å². The summed E-state index contributed by atoms with van der Waals surface area (Å²) in [5.41, 5.74) is 0.249. The molecule has 9 nitrogen and oxygen atoms in total. The molecule has 3 amide bonds. The Hall–Kier alpha value is -3.36. The molecule has 0 aliphatic carbocycles. The zero-order chi connectivity index (χ0) is 24.2. The molecule has 1 aliphatic heterocycles. The van der Waals surface area contributed by atoms with Gasteiger partial charge in [-0.3, -0.25) is 19.1 Å². The summed E-state index contributed by atoms with van der Waals surface area (Å²) in [7, 11) is 1.60. The summed E-state index contributed by atoms with van der Waals surface area (Å²) in [4.78, 5) is 40.0. The minimum atomic E-state index is -1.09. The van der Waals surface area contributed by atoms with E-state index in [1.54, 1.807) is 14.0 Å². The third kappa shape index (κ3) is 5.35. The second kappa shape index (κ2) is 10.1. The van der Waals surface area contributed by atoms with Crippen molar-refractivity contribution in [2.24, 2.45) is 5.92 Å². The molecule has 0 radical (unpaired) electrons. The Kier molecular flexibility index (Phi) is 7.40. The van der Waals surface area contributed by atoms with Gasteiger partial charge in [0.1, 0.15) is 17.0 Å². The van der Waals surface area contributed by atoms with Crippen molar-refractivity contribution in [1.82, 2.24) is 25.3 Å². The molecule has 1 aliphatic rings. The van der Waals surface area contributed by atoms with E-state index in [1.807, 2.05) is 31.2 Å². The molecule has 0 saturated carbocycles. The summed E-state index contributed by atoms with van der Waals surface area (Å²) in [5.74, 6) is 0.269. The van der Waals surface area contributed by atoms with E-state index in [2.05, 4.69) is 29.6 Å². The summed E-state index contributed by atoms with van der Waals surface area (Å²) in [6.45, 7) is 9.43. The van der Waals surface area contributed by atoms with Crippen LogP contribution in [0.25, 0.3) is 0 Å². The maximum Gasteiger partial charge on any atom is 0.272 e. The van der Waals surface area contributed by atoms with Gasteiger partial charge >= 0.3 is 0 Å². The van der Waals surface area contributed by atoms with Crippen molar-refractivity contribution in [1.29, 1.82) is 0 Å². The van der Waals surface area contributed by atoms with Gasteiger partial charge in [0, 0.05) is 26.2 Å². The van der Waals surface area contributed by atoms with E-state index in [4.69, 9.17) is 4.74 Å². The van der Waals surface area contributed by atoms with Gasteiger partial charge in [-0.2, -0.15) is 5.10 Å². The molecule has 0 unspecified atom stereocenters. The van der Waals surface area contributed by atoms with Gasteiger partial charge < -0.3 is 20.3 Å². The lowest BCUT2D eigenvalue weighted by atomic mass is 9.95. The number of carbonyl (C=O) groups is 3. The Bertz CT molecular complexity index is 1010. The minimum Gasteiger partial charge on any atom is -0.494 e. The molecule has 2 aromatic rings. The Morgan fingerprint density at radius 2 is 1.91 bits per heavy atom. The number of amides is 3. The van der Waals surface area contributed by atoms with Crippen molar-refractivity contribution in [3.05, 3.63) is 47.3 Å².